The van der Waals surface area contributed by atoms with Crippen LogP contribution in [0.25, 0.3) is 0 Å². The van der Waals surface area contributed by atoms with Gasteiger partial charge in [0.1, 0.15) is 5.75 Å². The molecule has 1 aliphatic heterocycles. The minimum absolute atomic E-state index is 0.0262. The van der Waals surface area contributed by atoms with Crippen LogP contribution in [0.2, 0.25) is 0 Å². The minimum Gasteiger partial charge on any atom is -0.504 e. The average molecular weight is 417 g/mol. The van der Waals surface area contributed by atoms with Crippen LogP contribution in [-0.2, 0) is 0 Å². The molecule has 3 aromatic carbocycles. The van der Waals surface area contributed by atoms with E-state index in [0.717, 1.165) is 22.6 Å². The zero-order valence-corrected chi connectivity index (χ0v) is 17.5. The Hall–Kier alpha value is -4.00. The third-order valence-electron chi connectivity index (χ3n) is 5.19. The quantitative estimate of drug-likeness (QED) is 0.601. The molecule has 7 heteroatoms. The summed E-state index contributed by atoms with van der Waals surface area (Å²) in [6, 6.07) is 19.8. The molecular weight excluding hydrogens is 394 g/mol. The number of ether oxygens (including phenoxy) is 2. The largest absolute Gasteiger partial charge is 0.504 e. The molecule has 1 amide bonds. The zero-order valence-electron chi connectivity index (χ0n) is 17.5. The Bertz CT molecular complexity index is 1140. The standard InChI is InChI=1S/C24H23N3O4/c1-15(16-8-11-18(30-2)12-9-16)26-27-23(17-10-13-21(28)22(14-17)31-3)25-20-7-5-4-6-19(20)24(27)29/h4-14,23,25,28H,1-3H3/b26-15-/t23-/m0/s1. The predicted molar refractivity (Wildman–Crippen MR) is 119 cm³/mol. The molecule has 1 atom stereocenters. The third-order valence-corrected chi connectivity index (χ3v) is 5.19. The summed E-state index contributed by atoms with van der Waals surface area (Å²) in [7, 11) is 3.10. The SMILES string of the molecule is COc1ccc(/C(C)=N\N2C(=O)c3ccccc3N[C@@H]2c2ccc(O)c(OC)c2)cc1. The van der Waals surface area contributed by atoms with Crippen molar-refractivity contribution in [2.24, 2.45) is 5.10 Å². The summed E-state index contributed by atoms with van der Waals surface area (Å²) in [5, 5.41) is 19.5. The normalized spacial score (nSPS) is 15.8. The molecule has 2 N–H and O–H groups in total. The fourth-order valence-corrected chi connectivity index (χ4v) is 3.49. The van der Waals surface area contributed by atoms with Gasteiger partial charge in [-0.1, -0.05) is 18.2 Å². The number of hydrogen-bond donors (Lipinski definition) is 2. The lowest BCUT2D eigenvalue weighted by Crippen LogP contribution is -2.40. The van der Waals surface area contributed by atoms with E-state index in [2.05, 4.69) is 10.4 Å². The van der Waals surface area contributed by atoms with Gasteiger partial charge in [-0.25, -0.2) is 5.01 Å². The van der Waals surface area contributed by atoms with Crippen molar-refractivity contribution >= 4 is 17.3 Å². The predicted octanol–water partition coefficient (Wildman–Crippen LogP) is 4.40. The Morgan fingerprint density at radius 1 is 1.03 bits per heavy atom. The van der Waals surface area contributed by atoms with Gasteiger partial charge in [0.25, 0.3) is 5.91 Å². The van der Waals surface area contributed by atoms with E-state index in [-0.39, 0.29) is 11.7 Å². The topological polar surface area (TPSA) is 83.4 Å². The number of anilines is 1. The van der Waals surface area contributed by atoms with Gasteiger partial charge < -0.3 is 19.9 Å². The summed E-state index contributed by atoms with van der Waals surface area (Å²) >= 11 is 0. The van der Waals surface area contributed by atoms with Crippen LogP contribution in [0.3, 0.4) is 0 Å². The van der Waals surface area contributed by atoms with Crippen LogP contribution in [0.4, 0.5) is 5.69 Å². The van der Waals surface area contributed by atoms with Gasteiger partial charge in [0.05, 0.1) is 25.5 Å². The molecule has 0 bridgehead atoms. The summed E-state index contributed by atoms with van der Waals surface area (Å²) in [6.07, 6.45) is -0.579. The molecule has 158 valence electrons. The lowest BCUT2D eigenvalue weighted by molar-refractivity contribution is 0.0689. The van der Waals surface area contributed by atoms with Crippen molar-refractivity contribution in [2.45, 2.75) is 13.1 Å². The smallest absolute Gasteiger partial charge is 0.278 e. The molecule has 0 aliphatic carbocycles. The number of aromatic hydroxyl groups is 1. The highest BCUT2D eigenvalue weighted by atomic mass is 16.5. The van der Waals surface area contributed by atoms with E-state index in [1.165, 1.54) is 12.1 Å². The second-order valence-electron chi connectivity index (χ2n) is 7.09. The molecule has 0 spiro atoms. The number of para-hydroxylation sites is 1. The number of nitrogens with zero attached hydrogens (tertiary/aromatic N) is 2. The second-order valence-corrected chi connectivity index (χ2v) is 7.09. The first-order valence-corrected chi connectivity index (χ1v) is 9.77. The van der Waals surface area contributed by atoms with Crippen LogP contribution < -0.4 is 14.8 Å². The number of benzene rings is 3. The lowest BCUT2D eigenvalue weighted by atomic mass is 10.0. The summed E-state index contributed by atoms with van der Waals surface area (Å²) in [6.45, 7) is 1.85. The number of rotatable bonds is 5. The van der Waals surface area contributed by atoms with E-state index < -0.39 is 6.17 Å². The molecule has 4 rings (SSSR count). The molecule has 0 aromatic heterocycles. The van der Waals surface area contributed by atoms with Crippen molar-refractivity contribution in [1.82, 2.24) is 5.01 Å². The molecule has 3 aromatic rings. The highest BCUT2D eigenvalue weighted by Gasteiger charge is 2.33. The minimum atomic E-state index is -0.579. The van der Waals surface area contributed by atoms with Gasteiger partial charge in [-0.15, -0.1) is 0 Å². The van der Waals surface area contributed by atoms with Crippen molar-refractivity contribution in [2.75, 3.05) is 19.5 Å². The van der Waals surface area contributed by atoms with E-state index >= 15 is 0 Å². The van der Waals surface area contributed by atoms with Crippen LogP contribution in [0.1, 0.15) is 34.6 Å². The molecule has 0 radical (unpaired) electrons. The van der Waals surface area contributed by atoms with Gasteiger partial charge in [-0.2, -0.15) is 5.10 Å². The molecule has 7 nitrogen and oxygen atoms in total. The van der Waals surface area contributed by atoms with E-state index in [1.54, 1.807) is 31.4 Å². The van der Waals surface area contributed by atoms with Crippen LogP contribution in [0.15, 0.2) is 71.8 Å². The number of carbonyl (C=O) groups excluding carboxylic acids is 1. The summed E-state index contributed by atoms with van der Waals surface area (Å²) in [4.78, 5) is 13.4. The van der Waals surface area contributed by atoms with Gasteiger partial charge in [0.15, 0.2) is 17.7 Å². The molecule has 0 fully saturated rings. The molecule has 0 saturated carbocycles. The number of methoxy groups -OCH3 is 2. The van der Waals surface area contributed by atoms with Crippen molar-refractivity contribution in [3.8, 4) is 17.2 Å². The number of hydrazone groups is 1. The maximum absolute atomic E-state index is 13.4. The van der Waals surface area contributed by atoms with Crippen LogP contribution in [0, 0.1) is 0 Å². The maximum Gasteiger partial charge on any atom is 0.278 e. The Morgan fingerprint density at radius 2 is 1.77 bits per heavy atom. The number of carbonyl (C=O) groups is 1. The van der Waals surface area contributed by atoms with Crippen LogP contribution in [0.5, 0.6) is 17.2 Å². The molecule has 0 saturated heterocycles. The number of phenols is 1. The van der Waals surface area contributed by atoms with Gasteiger partial charge >= 0.3 is 0 Å². The number of nitrogens with one attached hydrogen (secondary N) is 1. The second kappa shape index (κ2) is 8.39. The van der Waals surface area contributed by atoms with Crippen molar-refractivity contribution < 1.29 is 19.4 Å². The fourth-order valence-electron chi connectivity index (χ4n) is 3.49. The zero-order chi connectivity index (χ0) is 22.0. The summed E-state index contributed by atoms with van der Waals surface area (Å²) < 4.78 is 10.5. The van der Waals surface area contributed by atoms with Crippen molar-refractivity contribution in [3.63, 3.8) is 0 Å². The van der Waals surface area contributed by atoms with E-state index in [4.69, 9.17) is 9.47 Å². The summed E-state index contributed by atoms with van der Waals surface area (Å²) in [5.41, 5.74) is 3.53. The Kier molecular flexibility index (Phi) is 5.49. The van der Waals surface area contributed by atoms with Gasteiger partial charge in [-0.3, -0.25) is 4.79 Å². The van der Waals surface area contributed by atoms with E-state index in [0.29, 0.717) is 17.0 Å². The number of amides is 1. The van der Waals surface area contributed by atoms with Crippen LogP contribution >= 0.6 is 0 Å². The van der Waals surface area contributed by atoms with Crippen LogP contribution in [-0.4, -0.2) is 36.0 Å². The highest BCUT2D eigenvalue weighted by Crippen LogP contribution is 2.36. The Labute approximate surface area is 180 Å². The van der Waals surface area contributed by atoms with Crippen molar-refractivity contribution in [1.29, 1.82) is 0 Å². The maximum atomic E-state index is 13.4. The van der Waals surface area contributed by atoms with Gasteiger partial charge in [0.2, 0.25) is 0 Å². The molecular formula is C24H23N3O4. The first-order chi connectivity index (χ1) is 15.0. The number of hydrogen-bond acceptors (Lipinski definition) is 6. The van der Waals surface area contributed by atoms with E-state index in [9.17, 15) is 9.90 Å². The Morgan fingerprint density at radius 3 is 2.48 bits per heavy atom. The third kappa shape index (κ3) is 3.90. The average Bonchev–Trinajstić information content (AvgIpc) is 2.81. The van der Waals surface area contributed by atoms with Gasteiger partial charge in [-0.05, 0) is 61.0 Å². The first kappa shape index (κ1) is 20.3. The highest BCUT2D eigenvalue weighted by molar-refractivity contribution is 6.04. The fraction of sp³-hybridized carbons (Fsp3) is 0.167. The lowest BCUT2D eigenvalue weighted by Gasteiger charge is -2.35. The van der Waals surface area contributed by atoms with Gasteiger partial charge in [0, 0.05) is 11.3 Å². The molecule has 31 heavy (non-hydrogen) atoms. The number of phenolic OH excluding ortho intramolecular Hbond substituents is 1. The Balaban J connectivity index is 1.78. The first-order valence-electron chi connectivity index (χ1n) is 9.77. The number of fused-ring (bicyclic) bond motifs is 1. The monoisotopic (exact) mass is 417 g/mol. The molecule has 1 aliphatic rings. The summed E-state index contributed by atoms with van der Waals surface area (Å²) in [5.74, 6) is 0.870. The molecule has 0 unspecified atom stereocenters. The van der Waals surface area contributed by atoms with E-state index in [1.807, 2.05) is 49.4 Å². The van der Waals surface area contributed by atoms with Crippen molar-refractivity contribution in [3.05, 3.63) is 83.4 Å². The molecule has 1 heterocycles.